The molecule has 0 amide bonds. The molecule has 0 aromatic heterocycles. The van der Waals surface area contributed by atoms with Gasteiger partial charge in [0.1, 0.15) is 0 Å². The predicted molar refractivity (Wildman–Crippen MR) is 66.8 cm³/mol. The van der Waals surface area contributed by atoms with E-state index in [4.69, 9.17) is 22.7 Å². The van der Waals surface area contributed by atoms with Crippen LogP contribution in [0.2, 0.25) is 0 Å². The largest absolute Gasteiger partial charge is 0.393 e. The molecule has 0 aromatic rings. The minimum Gasteiger partial charge on any atom is -0.393 e. The second-order valence-electron chi connectivity index (χ2n) is 4.11. The Hall–Kier alpha value is -0.240. The van der Waals surface area contributed by atoms with Gasteiger partial charge in [0, 0.05) is 19.1 Å². The molecule has 2 atom stereocenters. The van der Waals surface area contributed by atoms with Gasteiger partial charge in [0.25, 0.3) is 0 Å². The van der Waals surface area contributed by atoms with Gasteiger partial charge in [0.15, 0.2) is 0 Å². The van der Waals surface area contributed by atoms with Crippen LogP contribution in [0.15, 0.2) is 0 Å². The van der Waals surface area contributed by atoms with Crippen molar-refractivity contribution in [3.63, 3.8) is 0 Å². The molecule has 1 rings (SSSR count). The molecule has 16 heavy (non-hydrogen) atoms. The fraction of sp³-hybridized carbons (Fsp3) is 0.889. The van der Waals surface area contributed by atoms with Gasteiger partial charge in [-0.05, 0) is 19.8 Å². The van der Waals surface area contributed by atoms with Crippen LogP contribution in [0, 0.1) is 0 Å². The van der Waals surface area contributed by atoms with Gasteiger partial charge < -0.3 is 10.5 Å². The van der Waals surface area contributed by atoms with Crippen molar-refractivity contribution in [3.05, 3.63) is 0 Å². The standard InChI is InChI=1S/C9H18N2O3S2/c1-7(5-9(10)15)11-16(12,13)6-8-3-2-4-14-8/h7-8,11H,2-6H2,1H3,(H2,10,15). The number of thiocarbonyl (C=S) groups is 1. The van der Waals surface area contributed by atoms with Gasteiger partial charge in [-0.2, -0.15) is 0 Å². The summed E-state index contributed by atoms with van der Waals surface area (Å²) in [4.78, 5) is 0.312. The second kappa shape index (κ2) is 5.90. The van der Waals surface area contributed by atoms with Crippen molar-refractivity contribution in [1.29, 1.82) is 0 Å². The van der Waals surface area contributed by atoms with Crippen LogP contribution < -0.4 is 10.5 Å². The van der Waals surface area contributed by atoms with Crippen LogP contribution in [0.3, 0.4) is 0 Å². The average Bonchev–Trinajstić information content (AvgIpc) is 2.51. The van der Waals surface area contributed by atoms with E-state index in [1.807, 2.05) is 0 Å². The van der Waals surface area contributed by atoms with E-state index in [9.17, 15) is 8.42 Å². The van der Waals surface area contributed by atoms with Gasteiger partial charge in [0.05, 0.1) is 16.8 Å². The van der Waals surface area contributed by atoms with Crippen LogP contribution in [0.4, 0.5) is 0 Å². The highest BCUT2D eigenvalue weighted by molar-refractivity contribution is 7.89. The Morgan fingerprint density at radius 1 is 1.69 bits per heavy atom. The summed E-state index contributed by atoms with van der Waals surface area (Å²) in [6, 6.07) is -0.260. The van der Waals surface area contributed by atoms with E-state index in [1.165, 1.54) is 0 Å². The number of ether oxygens (including phenoxy) is 1. The minimum absolute atomic E-state index is 0.0225. The van der Waals surface area contributed by atoms with E-state index >= 15 is 0 Å². The maximum Gasteiger partial charge on any atom is 0.214 e. The highest BCUT2D eigenvalue weighted by Crippen LogP contribution is 2.13. The molecule has 2 unspecified atom stereocenters. The Morgan fingerprint density at radius 2 is 2.38 bits per heavy atom. The molecule has 1 aliphatic rings. The third kappa shape index (κ3) is 5.20. The van der Waals surface area contributed by atoms with E-state index in [1.54, 1.807) is 6.92 Å². The predicted octanol–water partition coefficient (Wildman–Crippen LogP) is 0.150. The molecule has 3 N–H and O–H groups in total. The highest BCUT2D eigenvalue weighted by atomic mass is 32.2. The summed E-state index contributed by atoms with van der Waals surface area (Å²) in [5.41, 5.74) is 5.35. The number of hydrogen-bond acceptors (Lipinski definition) is 4. The Labute approximate surface area is 102 Å². The van der Waals surface area contributed by atoms with Crippen LogP contribution in [-0.2, 0) is 14.8 Å². The lowest BCUT2D eigenvalue weighted by Crippen LogP contribution is -2.39. The summed E-state index contributed by atoms with van der Waals surface area (Å²) in [5.74, 6) is 0.0225. The first kappa shape index (κ1) is 13.8. The number of nitrogens with one attached hydrogen (secondary N) is 1. The van der Waals surface area contributed by atoms with E-state index in [0.717, 1.165) is 12.8 Å². The van der Waals surface area contributed by atoms with Crippen molar-refractivity contribution < 1.29 is 13.2 Å². The molecule has 0 aromatic carbocycles. The molecule has 7 heteroatoms. The average molecular weight is 266 g/mol. The van der Waals surface area contributed by atoms with E-state index < -0.39 is 10.0 Å². The topological polar surface area (TPSA) is 81.4 Å². The van der Waals surface area contributed by atoms with Crippen LogP contribution in [0.5, 0.6) is 0 Å². The van der Waals surface area contributed by atoms with Crippen molar-refractivity contribution in [2.45, 2.75) is 38.3 Å². The molecule has 0 spiro atoms. The summed E-state index contributed by atoms with van der Waals surface area (Å²) in [5, 5.41) is 0. The highest BCUT2D eigenvalue weighted by Gasteiger charge is 2.24. The van der Waals surface area contributed by atoms with E-state index in [2.05, 4.69) is 4.72 Å². The van der Waals surface area contributed by atoms with Crippen molar-refractivity contribution in [2.24, 2.45) is 5.73 Å². The van der Waals surface area contributed by atoms with Crippen LogP contribution in [-0.4, -0.2) is 37.9 Å². The summed E-state index contributed by atoms with van der Waals surface area (Å²) in [6.45, 7) is 2.40. The van der Waals surface area contributed by atoms with Gasteiger partial charge >= 0.3 is 0 Å². The zero-order chi connectivity index (χ0) is 12.2. The molecule has 1 fully saturated rings. The lowest BCUT2D eigenvalue weighted by atomic mass is 10.3. The van der Waals surface area contributed by atoms with Crippen LogP contribution >= 0.6 is 12.2 Å². The van der Waals surface area contributed by atoms with Crippen molar-refractivity contribution in [3.8, 4) is 0 Å². The third-order valence-corrected chi connectivity index (χ3v) is 4.06. The van der Waals surface area contributed by atoms with Crippen molar-refractivity contribution >= 4 is 27.2 Å². The normalized spacial score (nSPS) is 23.2. The lowest BCUT2D eigenvalue weighted by molar-refractivity contribution is 0.127. The fourth-order valence-corrected chi connectivity index (χ4v) is 3.51. The molecule has 0 aliphatic carbocycles. The molecule has 0 saturated carbocycles. The maximum absolute atomic E-state index is 11.7. The summed E-state index contributed by atoms with van der Waals surface area (Å²) < 4.78 is 31.2. The monoisotopic (exact) mass is 266 g/mol. The number of rotatable bonds is 6. The molecule has 1 heterocycles. The van der Waals surface area contributed by atoms with Gasteiger partial charge in [-0.1, -0.05) is 12.2 Å². The second-order valence-corrected chi connectivity index (χ2v) is 6.43. The smallest absolute Gasteiger partial charge is 0.214 e. The van der Waals surface area contributed by atoms with Crippen molar-refractivity contribution in [2.75, 3.05) is 12.4 Å². The number of hydrogen-bond donors (Lipinski definition) is 2. The van der Waals surface area contributed by atoms with E-state index in [-0.39, 0.29) is 17.9 Å². The zero-order valence-corrected chi connectivity index (χ0v) is 10.9. The molecule has 5 nitrogen and oxygen atoms in total. The first-order chi connectivity index (χ1) is 7.39. The maximum atomic E-state index is 11.7. The minimum atomic E-state index is -3.30. The molecular formula is C9H18N2O3S2. The SMILES string of the molecule is CC(CC(N)=S)NS(=O)(=O)CC1CCCO1. The Bertz CT molecular complexity index is 337. The lowest BCUT2D eigenvalue weighted by Gasteiger charge is -2.15. The molecule has 0 bridgehead atoms. The van der Waals surface area contributed by atoms with Gasteiger partial charge in [-0.15, -0.1) is 0 Å². The molecule has 0 radical (unpaired) electrons. The van der Waals surface area contributed by atoms with Crippen LogP contribution in [0.1, 0.15) is 26.2 Å². The Morgan fingerprint density at radius 3 is 2.88 bits per heavy atom. The first-order valence-electron chi connectivity index (χ1n) is 5.29. The summed E-state index contributed by atoms with van der Waals surface area (Å²) in [7, 11) is -3.30. The quantitative estimate of drug-likeness (QED) is 0.669. The number of sulfonamides is 1. The first-order valence-corrected chi connectivity index (χ1v) is 7.35. The molecule has 94 valence electrons. The Kier molecular flexibility index (Phi) is 5.10. The summed E-state index contributed by atoms with van der Waals surface area (Å²) in [6.07, 6.45) is 1.95. The molecule has 1 saturated heterocycles. The Balaban J connectivity index is 2.41. The third-order valence-electron chi connectivity index (χ3n) is 2.32. The van der Waals surface area contributed by atoms with Gasteiger partial charge in [0.2, 0.25) is 10.0 Å². The van der Waals surface area contributed by atoms with Gasteiger partial charge in [-0.25, -0.2) is 13.1 Å². The number of nitrogens with two attached hydrogens (primary N) is 1. The zero-order valence-electron chi connectivity index (χ0n) is 9.31. The van der Waals surface area contributed by atoms with Crippen molar-refractivity contribution in [1.82, 2.24) is 4.72 Å². The fourth-order valence-electron chi connectivity index (χ4n) is 1.72. The van der Waals surface area contributed by atoms with Gasteiger partial charge in [-0.3, -0.25) is 0 Å². The van der Waals surface area contributed by atoms with E-state index in [0.29, 0.717) is 18.0 Å². The molecular weight excluding hydrogens is 248 g/mol. The summed E-state index contributed by atoms with van der Waals surface area (Å²) >= 11 is 4.72. The van der Waals surface area contributed by atoms with Crippen LogP contribution in [0.25, 0.3) is 0 Å². The molecule has 1 aliphatic heterocycles.